The predicted molar refractivity (Wildman–Crippen MR) is 134 cm³/mol. The molecule has 1 aliphatic rings. The van der Waals surface area contributed by atoms with E-state index in [0.29, 0.717) is 31.1 Å². The Morgan fingerprint density at radius 2 is 1.88 bits per heavy atom. The number of nitrogens with zero attached hydrogens (tertiary/aromatic N) is 3. The van der Waals surface area contributed by atoms with E-state index in [1.165, 1.54) is 12.8 Å². The third kappa shape index (κ3) is 7.14. The van der Waals surface area contributed by atoms with Gasteiger partial charge < -0.3 is 20.3 Å². The molecular formula is C26H39N5O3. The Labute approximate surface area is 202 Å². The second kappa shape index (κ2) is 12.7. The summed E-state index contributed by atoms with van der Waals surface area (Å²) in [5, 5.41) is 12.7. The van der Waals surface area contributed by atoms with Gasteiger partial charge in [-0.1, -0.05) is 19.3 Å². The average Bonchev–Trinajstić information content (AvgIpc) is 3.31. The molecule has 2 heterocycles. The van der Waals surface area contributed by atoms with Gasteiger partial charge >= 0.3 is 0 Å². The third-order valence-electron chi connectivity index (χ3n) is 6.52. The van der Waals surface area contributed by atoms with Gasteiger partial charge in [-0.3, -0.25) is 14.5 Å². The van der Waals surface area contributed by atoms with E-state index >= 15 is 0 Å². The van der Waals surface area contributed by atoms with Gasteiger partial charge in [-0.25, -0.2) is 4.98 Å². The summed E-state index contributed by atoms with van der Waals surface area (Å²) in [4.78, 5) is 36.9. The number of amides is 2. The third-order valence-corrected chi connectivity index (χ3v) is 6.52. The first-order chi connectivity index (χ1) is 16.4. The van der Waals surface area contributed by atoms with Gasteiger partial charge in [-0.05, 0) is 57.0 Å². The summed E-state index contributed by atoms with van der Waals surface area (Å²) in [5.74, 6) is -0.218. The maximum atomic E-state index is 13.1. The highest BCUT2D eigenvalue weighted by Gasteiger charge is 2.22. The second-order valence-electron chi connectivity index (χ2n) is 9.48. The SMILES string of the molecule is CC(=O)N1CCCCCCCN(C(C)C)Cc2cc(C(=O)N[C@H](CO)Cc3cnc[nH]3)ccc21. The van der Waals surface area contributed by atoms with Crippen LogP contribution in [0.3, 0.4) is 0 Å². The van der Waals surface area contributed by atoms with E-state index in [1.807, 2.05) is 17.0 Å². The van der Waals surface area contributed by atoms with Crippen molar-refractivity contribution in [3.05, 3.63) is 47.5 Å². The standard InChI is InChI=1S/C26H39N5O3/c1-19(2)30-11-7-5-4-6-8-12-31(20(3)33)25-10-9-21(13-22(25)16-30)26(34)29-24(17-32)14-23-15-27-18-28-23/h9-10,13,15,18-19,24,32H,4-8,11-12,14,16-17H2,1-3H3,(H,27,28)(H,29,34)/t24-/m0/s1. The number of rotatable bonds is 6. The van der Waals surface area contributed by atoms with Gasteiger partial charge in [0.1, 0.15) is 0 Å². The molecule has 1 aromatic carbocycles. The monoisotopic (exact) mass is 469 g/mol. The van der Waals surface area contributed by atoms with E-state index in [4.69, 9.17) is 0 Å². The van der Waals surface area contributed by atoms with E-state index in [2.05, 4.69) is 34.0 Å². The zero-order valence-electron chi connectivity index (χ0n) is 20.7. The minimum absolute atomic E-state index is 0.0199. The summed E-state index contributed by atoms with van der Waals surface area (Å²) >= 11 is 0. The molecule has 0 bridgehead atoms. The van der Waals surface area contributed by atoms with E-state index in [1.54, 1.807) is 25.5 Å². The van der Waals surface area contributed by atoms with E-state index in [0.717, 1.165) is 42.8 Å². The fourth-order valence-corrected chi connectivity index (χ4v) is 4.51. The molecule has 34 heavy (non-hydrogen) atoms. The van der Waals surface area contributed by atoms with Gasteiger partial charge in [-0.15, -0.1) is 0 Å². The Hall–Kier alpha value is -2.71. The number of fused-ring (bicyclic) bond motifs is 1. The first-order valence-corrected chi connectivity index (χ1v) is 12.4. The lowest BCUT2D eigenvalue weighted by Crippen LogP contribution is -2.39. The summed E-state index contributed by atoms with van der Waals surface area (Å²) in [7, 11) is 0. The average molecular weight is 470 g/mol. The smallest absolute Gasteiger partial charge is 0.251 e. The molecule has 8 heteroatoms. The lowest BCUT2D eigenvalue weighted by atomic mass is 10.0. The number of aromatic amines is 1. The minimum atomic E-state index is -0.421. The van der Waals surface area contributed by atoms with Crippen LogP contribution in [-0.4, -0.2) is 63.6 Å². The maximum absolute atomic E-state index is 13.1. The summed E-state index contributed by atoms with van der Waals surface area (Å²) < 4.78 is 0. The van der Waals surface area contributed by atoms with Crippen molar-refractivity contribution in [2.45, 2.75) is 77.9 Å². The Morgan fingerprint density at radius 1 is 1.15 bits per heavy atom. The van der Waals surface area contributed by atoms with E-state index in [9.17, 15) is 14.7 Å². The number of hydrogen-bond acceptors (Lipinski definition) is 5. The molecule has 0 radical (unpaired) electrons. The maximum Gasteiger partial charge on any atom is 0.251 e. The Bertz CT molecular complexity index is 929. The highest BCUT2D eigenvalue weighted by atomic mass is 16.3. The molecule has 1 atom stereocenters. The molecular weight excluding hydrogens is 430 g/mol. The quantitative estimate of drug-likeness (QED) is 0.603. The molecule has 0 unspecified atom stereocenters. The summed E-state index contributed by atoms with van der Waals surface area (Å²) in [5.41, 5.74) is 3.24. The number of carbonyl (C=O) groups is 2. The predicted octanol–water partition coefficient (Wildman–Crippen LogP) is 3.27. The minimum Gasteiger partial charge on any atom is -0.394 e. The molecule has 186 valence electrons. The number of H-pyrrole nitrogens is 1. The van der Waals surface area contributed by atoms with Crippen molar-refractivity contribution in [1.82, 2.24) is 20.2 Å². The van der Waals surface area contributed by atoms with Crippen LogP contribution in [-0.2, 0) is 17.8 Å². The van der Waals surface area contributed by atoms with Gasteiger partial charge in [0.2, 0.25) is 5.91 Å². The van der Waals surface area contributed by atoms with E-state index in [-0.39, 0.29) is 18.4 Å². The number of anilines is 1. The molecule has 1 aromatic heterocycles. The molecule has 2 amide bonds. The van der Waals surface area contributed by atoms with Crippen molar-refractivity contribution in [2.75, 3.05) is 24.6 Å². The van der Waals surface area contributed by atoms with Crippen LogP contribution in [0.2, 0.25) is 0 Å². The zero-order valence-corrected chi connectivity index (χ0v) is 20.7. The fourth-order valence-electron chi connectivity index (χ4n) is 4.51. The topological polar surface area (TPSA) is 102 Å². The van der Waals surface area contributed by atoms with Crippen molar-refractivity contribution < 1.29 is 14.7 Å². The van der Waals surface area contributed by atoms with Crippen LogP contribution in [0.4, 0.5) is 5.69 Å². The van der Waals surface area contributed by atoms with Crippen molar-refractivity contribution in [1.29, 1.82) is 0 Å². The lowest BCUT2D eigenvalue weighted by Gasteiger charge is -2.31. The van der Waals surface area contributed by atoms with Crippen molar-refractivity contribution in [2.24, 2.45) is 0 Å². The Morgan fingerprint density at radius 3 is 2.53 bits per heavy atom. The molecule has 8 nitrogen and oxygen atoms in total. The first kappa shape index (κ1) is 25.9. The number of imidazole rings is 1. The Kier molecular flexibility index (Phi) is 9.65. The van der Waals surface area contributed by atoms with Gasteiger partial charge in [0.05, 0.1) is 19.0 Å². The van der Waals surface area contributed by atoms with Crippen LogP contribution >= 0.6 is 0 Å². The van der Waals surface area contributed by atoms with Gasteiger partial charge in [0, 0.05) is 55.6 Å². The normalized spacial score (nSPS) is 16.9. The molecule has 1 aliphatic heterocycles. The summed E-state index contributed by atoms with van der Waals surface area (Å²) in [6.45, 7) is 8.16. The number of aromatic nitrogens is 2. The van der Waals surface area contributed by atoms with Gasteiger partial charge in [0.15, 0.2) is 0 Å². The number of hydrogen-bond donors (Lipinski definition) is 3. The molecule has 2 aromatic rings. The highest BCUT2D eigenvalue weighted by molar-refractivity contribution is 5.97. The number of nitrogens with one attached hydrogen (secondary N) is 2. The molecule has 0 spiro atoms. The van der Waals surface area contributed by atoms with Gasteiger partial charge in [0.25, 0.3) is 5.91 Å². The van der Waals surface area contributed by atoms with E-state index < -0.39 is 6.04 Å². The number of benzene rings is 1. The molecule has 0 fully saturated rings. The molecule has 0 saturated carbocycles. The second-order valence-corrected chi connectivity index (χ2v) is 9.48. The van der Waals surface area contributed by atoms with Crippen molar-refractivity contribution in [3.8, 4) is 0 Å². The van der Waals surface area contributed by atoms with Gasteiger partial charge in [-0.2, -0.15) is 0 Å². The van der Waals surface area contributed by atoms with Crippen LogP contribution in [0.25, 0.3) is 0 Å². The largest absolute Gasteiger partial charge is 0.394 e. The molecule has 3 N–H and O–H groups in total. The van der Waals surface area contributed by atoms with Crippen LogP contribution in [0, 0.1) is 0 Å². The van der Waals surface area contributed by atoms with Crippen LogP contribution in [0.5, 0.6) is 0 Å². The van der Waals surface area contributed by atoms with Crippen LogP contribution in [0.15, 0.2) is 30.7 Å². The highest BCUT2D eigenvalue weighted by Crippen LogP contribution is 2.27. The zero-order chi connectivity index (χ0) is 24.5. The summed E-state index contributed by atoms with van der Waals surface area (Å²) in [6.07, 6.45) is 9.35. The van der Waals surface area contributed by atoms with Crippen LogP contribution in [0.1, 0.15) is 74.5 Å². The van der Waals surface area contributed by atoms with Crippen molar-refractivity contribution >= 4 is 17.5 Å². The first-order valence-electron chi connectivity index (χ1n) is 12.4. The summed E-state index contributed by atoms with van der Waals surface area (Å²) in [6, 6.07) is 5.52. The lowest BCUT2D eigenvalue weighted by molar-refractivity contribution is -0.116. The molecule has 0 saturated heterocycles. The molecule has 3 rings (SSSR count). The molecule has 0 aliphatic carbocycles. The number of aliphatic hydroxyl groups is 1. The number of carbonyl (C=O) groups excluding carboxylic acids is 2. The van der Waals surface area contributed by atoms with Crippen molar-refractivity contribution in [3.63, 3.8) is 0 Å². The van der Waals surface area contributed by atoms with Crippen LogP contribution < -0.4 is 10.2 Å². The Balaban J connectivity index is 1.88. The number of aliphatic hydroxyl groups excluding tert-OH is 1. The fraction of sp³-hybridized carbons (Fsp3) is 0.577.